The first-order valence-electron chi connectivity index (χ1n) is 17.0. The molecule has 3 aromatic rings. The van der Waals surface area contributed by atoms with Gasteiger partial charge in [0.1, 0.15) is 11.5 Å². The molecule has 0 radical (unpaired) electrons. The van der Waals surface area contributed by atoms with Crippen LogP contribution in [0.3, 0.4) is 0 Å². The molecule has 51 heavy (non-hydrogen) atoms. The molecule has 0 saturated carbocycles. The highest BCUT2D eigenvalue weighted by Crippen LogP contribution is 2.32. The fourth-order valence-corrected chi connectivity index (χ4v) is 6.52. The topological polar surface area (TPSA) is 191 Å². The summed E-state index contributed by atoms with van der Waals surface area (Å²) in [6.45, 7) is 9.41. The molecule has 274 valence electrons. The number of ether oxygens (including phenoxy) is 1. The van der Waals surface area contributed by atoms with E-state index in [4.69, 9.17) is 4.74 Å². The molecule has 1 aliphatic rings. The molecule has 4 rings (SSSR count). The number of carboxylic acid groups (broad SMARTS) is 2. The van der Waals surface area contributed by atoms with Gasteiger partial charge < -0.3 is 30.5 Å². The molecule has 4 unspecified atom stereocenters. The largest absolute Gasteiger partial charge is 0.497 e. The molecule has 1 heterocycles. The van der Waals surface area contributed by atoms with Gasteiger partial charge in [-0.25, -0.2) is 9.59 Å². The van der Waals surface area contributed by atoms with Crippen LogP contribution in [-0.4, -0.2) is 105 Å². The van der Waals surface area contributed by atoms with Crippen LogP contribution in [0.1, 0.15) is 66.3 Å². The van der Waals surface area contributed by atoms with Gasteiger partial charge in [-0.15, -0.1) is 0 Å². The molecule has 1 aliphatic heterocycles. The third-order valence-electron chi connectivity index (χ3n) is 9.36. The number of carbonyl (C=O) groups excluding carboxylic acids is 3. The Labute approximate surface area is 298 Å². The minimum absolute atomic E-state index is 0.0605. The summed E-state index contributed by atoms with van der Waals surface area (Å²) in [5, 5.41) is 43.3. The molecule has 12 heteroatoms. The van der Waals surface area contributed by atoms with Crippen molar-refractivity contribution in [2.75, 3.05) is 26.7 Å². The van der Waals surface area contributed by atoms with E-state index in [1.165, 1.54) is 42.0 Å². The van der Waals surface area contributed by atoms with Gasteiger partial charge in [-0.1, -0.05) is 86.6 Å². The molecule has 3 aromatic carbocycles. The van der Waals surface area contributed by atoms with Crippen LogP contribution in [0.5, 0.6) is 5.75 Å². The van der Waals surface area contributed by atoms with Crippen LogP contribution in [0.4, 0.5) is 0 Å². The number of Topliss-reactive ketones (excluding diaryl/α,β-unsaturated/α-hetero) is 3. The standard InChI is InChI=1S/C21H34N2O2.C18H14O8/c1-5-20(24)21(18-11-13-22-14-12-18)23(6-2)16(3)15-17-7-9-19(25-4)10-8-17;19-13(11-7-3-1-4-8-11)17(25,15(21)22)18(26,16(23)24)14(20)12-9-5-2-6-10-12/h7-10,16,18,21-22H,5-6,11-15H2,1-4H3;1-10,25-26H,(H,21,22)(H,23,24). The van der Waals surface area contributed by atoms with Crippen molar-refractivity contribution in [3.05, 3.63) is 102 Å². The van der Waals surface area contributed by atoms with Gasteiger partial charge in [-0.2, -0.15) is 0 Å². The minimum Gasteiger partial charge on any atom is -0.497 e. The average molecular weight is 705 g/mol. The Bertz CT molecular complexity index is 1550. The number of ketones is 3. The van der Waals surface area contributed by atoms with Gasteiger partial charge in [0.05, 0.1) is 13.2 Å². The summed E-state index contributed by atoms with van der Waals surface area (Å²) in [6, 6.07) is 21.5. The van der Waals surface area contributed by atoms with Crippen molar-refractivity contribution < 1.29 is 49.1 Å². The number of hydrogen-bond acceptors (Lipinski definition) is 10. The number of piperidine rings is 1. The second-order valence-corrected chi connectivity index (χ2v) is 12.5. The van der Waals surface area contributed by atoms with E-state index in [-0.39, 0.29) is 6.04 Å². The van der Waals surface area contributed by atoms with E-state index in [9.17, 15) is 44.4 Å². The zero-order chi connectivity index (χ0) is 37.8. The molecular weight excluding hydrogens is 656 g/mol. The van der Waals surface area contributed by atoms with E-state index in [2.05, 4.69) is 36.2 Å². The highest BCUT2D eigenvalue weighted by molar-refractivity contribution is 6.28. The van der Waals surface area contributed by atoms with Crippen LogP contribution >= 0.6 is 0 Å². The SMILES string of the molecule is CCC(=O)C(C1CCNCC1)N(CC)C(C)Cc1ccc(OC)cc1.O=C(O)C(O)(C(=O)c1ccccc1)C(O)(C(=O)O)C(=O)c1ccccc1. The lowest BCUT2D eigenvalue weighted by Gasteiger charge is -2.41. The molecule has 1 fully saturated rings. The Morgan fingerprint density at radius 2 is 1.24 bits per heavy atom. The lowest BCUT2D eigenvalue weighted by molar-refractivity contribution is -0.187. The molecule has 12 nitrogen and oxygen atoms in total. The highest BCUT2D eigenvalue weighted by atomic mass is 16.5. The number of nitrogens with zero attached hydrogens (tertiary/aromatic N) is 1. The van der Waals surface area contributed by atoms with Gasteiger partial charge in [0.25, 0.3) is 11.2 Å². The van der Waals surface area contributed by atoms with Crippen LogP contribution < -0.4 is 10.1 Å². The Morgan fingerprint density at radius 3 is 1.61 bits per heavy atom. The van der Waals surface area contributed by atoms with Crippen LogP contribution in [0.2, 0.25) is 0 Å². The van der Waals surface area contributed by atoms with Crippen molar-refractivity contribution in [2.45, 2.75) is 69.7 Å². The summed E-state index contributed by atoms with van der Waals surface area (Å²) in [5.74, 6) is -6.26. The lowest BCUT2D eigenvalue weighted by atomic mass is 9.73. The van der Waals surface area contributed by atoms with Crippen LogP contribution in [-0.2, 0) is 20.8 Å². The molecule has 4 atom stereocenters. The zero-order valence-electron chi connectivity index (χ0n) is 29.5. The predicted molar refractivity (Wildman–Crippen MR) is 190 cm³/mol. The average Bonchev–Trinajstić information content (AvgIpc) is 3.16. The first kappa shape index (κ1) is 40.7. The summed E-state index contributed by atoms with van der Waals surface area (Å²) in [7, 11) is 1.69. The summed E-state index contributed by atoms with van der Waals surface area (Å²) in [4.78, 5) is 63.7. The van der Waals surface area contributed by atoms with Crippen molar-refractivity contribution in [3.63, 3.8) is 0 Å². The number of rotatable bonds is 16. The summed E-state index contributed by atoms with van der Waals surface area (Å²) >= 11 is 0. The molecule has 1 saturated heterocycles. The van der Waals surface area contributed by atoms with Crippen molar-refractivity contribution >= 4 is 29.3 Å². The number of aliphatic carboxylic acids is 2. The van der Waals surface area contributed by atoms with Gasteiger partial charge in [0.2, 0.25) is 11.6 Å². The van der Waals surface area contributed by atoms with Gasteiger partial charge >= 0.3 is 11.9 Å². The Morgan fingerprint density at radius 1 is 0.784 bits per heavy atom. The molecule has 0 aliphatic carbocycles. The molecule has 0 spiro atoms. The van der Waals surface area contributed by atoms with Crippen LogP contribution in [0.25, 0.3) is 0 Å². The van der Waals surface area contributed by atoms with Crippen molar-refractivity contribution in [1.82, 2.24) is 10.2 Å². The van der Waals surface area contributed by atoms with Gasteiger partial charge in [-0.3, -0.25) is 19.3 Å². The number of methoxy groups -OCH3 is 1. The number of benzene rings is 3. The van der Waals surface area contributed by atoms with Gasteiger partial charge in [0, 0.05) is 23.6 Å². The normalized spacial score (nSPS) is 16.7. The van der Waals surface area contributed by atoms with E-state index in [1.54, 1.807) is 7.11 Å². The zero-order valence-corrected chi connectivity index (χ0v) is 29.5. The Kier molecular flexibility index (Phi) is 14.7. The van der Waals surface area contributed by atoms with E-state index >= 15 is 0 Å². The lowest BCUT2D eigenvalue weighted by Crippen LogP contribution is -2.71. The number of nitrogens with one attached hydrogen (secondary N) is 1. The molecule has 5 N–H and O–H groups in total. The van der Waals surface area contributed by atoms with E-state index in [1.807, 2.05) is 19.1 Å². The van der Waals surface area contributed by atoms with Crippen LogP contribution in [0.15, 0.2) is 84.9 Å². The number of likely N-dealkylation sites (N-methyl/N-ethyl adjacent to an activating group) is 1. The van der Waals surface area contributed by atoms with E-state index in [0.29, 0.717) is 24.2 Å². The molecule has 0 aromatic heterocycles. The molecular formula is C39H48N2O10. The van der Waals surface area contributed by atoms with Crippen molar-refractivity contribution in [2.24, 2.45) is 5.92 Å². The van der Waals surface area contributed by atoms with Gasteiger partial charge in [-0.05, 0) is 69.4 Å². The molecule has 0 amide bonds. The first-order chi connectivity index (χ1) is 24.3. The quantitative estimate of drug-likeness (QED) is 0.108. The fraction of sp³-hybridized carbons (Fsp3) is 0.410. The van der Waals surface area contributed by atoms with E-state index < -0.39 is 45.8 Å². The number of carbonyl (C=O) groups is 5. The first-order valence-corrected chi connectivity index (χ1v) is 17.0. The van der Waals surface area contributed by atoms with Gasteiger partial charge in [0.15, 0.2) is 0 Å². The molecule has 0 bridgehead atoms. The third kappa shape index (κ3) is 9.14. The van der Waals surface area contributed by atoms with Crippen molar-refractivity contribution in [1.29, 1.82) is 0 Å². The number of hydrogen-bond donors (Lipinski definition) is 5. The smallest absolute Gasteiger partial charge is 0.348 e. The maximum atomic E-state index is 12.8. The van der Waals surface area contributed by atoms with Crippen molar-refractivity contribution in [3.8, 4) is 5.75 Å². The summed E-state index contributed by atoms with van der Waals surface area (Å²) in [6.07, 6.45) is 3.78. The Balaban J connectivity index is 0.000000276. The minimum atomic E-state index is -3.95. The van der Waals surface area contributed by atoms with E-state index in [0.717, 1.165) is 68.9 Å². The predicted octanol–water partition coefficient (Wildman–Crippen LogP) is 3.68. The fourth-order valence-electron chi connectivity index (χ4n) is 6.52. The number of carboxylic acids is 2. The summed E-state index contributed by atoms with van der Waals surface area (Å²) in [5.41, 5.74) is -7.39. The number of aliphatic hydroxyl groups is 2. The summed E-state index contributed by atoms with van der Waals surface area (Å²) < 4.78 is 5.25. The maximum Gasteiger partial charge on any atom is 0.348 e. The second kappa shape index (κ2) is 18.5. The second-order valence-electron chi connectivity index (χ2n) is 12.5. The third-order valence-corrected chi connectivity index (χ3v) is 9.36. The maximum absolute atomic E-state index is 12.8. The monoisotopic (exact) mass is 704 g/mol. The highest BCUT2D eigenvalue weighted by Gasteiger charge is 2.69. The van der Waals surface area contributed by atoms with Crippen LogP contribution in [0, 0.1) is 5.92 Å². The Hall–Kier alpha value is -4.75.